The quantitative estimate of drug-likeness (QED) is 0.246. The van der Waals surface area contributed by atoms with Gasteiger partial charge in [0.1, 0.15) is 0 Å². The first kappa shape index (κ1) is 29.1. The molecule has 1 aromatic carbocycles. The summed E-state index contributed by atoms with van der Waals surface area (Å²) < 4.78 is 24.4. The Hall–Kier alpha value is -2.40. The van der Waals surface area contributed by atoms with Gasteiger partial charge in [0.15, 0.2) is 8.32 Å². The van der Waals surface area contributed by atoms with Crippen LogP contribution in [0.25, 0.3) is 5.69 Å². The summed E-state index contributed by atoms with van der Waals surface area (Å²) in [5, 5.41) is -0.656. The second-order valence-electron chi connectivity index (χ2n) is 14.1. The molecule has 3 aliphatic heterocycles. The zero-order valence-corrected chi connectivity index (χ0v) is 26.5. The van der Waals surface area contributed by atoms with E-state index in [1.54, 1.807) is 21.5 Å². The van der Waals surface area contributed by atoms with Crippen molar-refractivity contribution in [2.75, 3.05) is 6.61 Å². The molecule has 3 atom stereocenters. The van der Waals surface area contributed by atoms with Gasteiger partial charge in [-0.15, -0.1) is 0 Å². The highest BCUT2D eigenvalue weighted by atomic mass is 28.4. The first-order valence-corrected chi connectivity index (χ1v) is 17.3. The lowest BCUT2D eigenvalue weighted by atomic mass is 9.45. The molecule has 0 spiro atoms. The van der Waals surface area contributed by atoms with Gasteiger partial charge in [0, 0.05) is 6.61 Å². The molecular formula is C30H44BN3O5Si. The Morgan fingerprint density at radius 3 is 2.12 bits per heavy atom. The molecule has 1 fully saturated rings. The van der Waals surface area contributed by atoms with Crippen LogP contribution in [-0.2, 0) is 13.7 Å². The maximum Gasteiger partial charge on any atom is 0.471 e. The molecule has 2 aromatic rings. The number of hydrogen-bond acceptors (Lipinski definition) is 5. The number of aromatic nitrogens is 3. The van der Waals surface area contributed by atoms with Crippen molar-refractivity contribution in [3.05, 3.63) is 75.6 Å². The van der Waals surface area contributed by atoms with E-state index in [0.29, 0.717) is 18.7 Å². The van der Waals surface area contributed by atoms with E-state index in [4.69, 9.17) is 13.7 Å². The van der Waals surface area contributed by atoms with Crippen LogP contribution in [0.15, 0.2) is 64.2 Å². The average Bonchev–Trinajstić information content (AvgIpc) is 3.26. The van der Waals surface area contributed by atoms with Crippen molar-refractivity contribution >= 4 is 15.4 Å². The Labute approximate surface area is 238 Å². The summed E-state index contributed by atoms with van der Waals surface area (Å²) in [6.45, 7) is 24.5. The van der Waals surface area contributed by atoms with Crippen LogP contribution in [0.2, 0.25) is 23.4 Å². The summed E-state index contributed by atoms with van der Waals surface area (Å²) in [5.74, 6) is 0. The fourth-order valence-corrected chi connectivity index (χ4v) is 7.03. The average molecular weight is 566 g/mol. The highest BCUT2D eigenvalue weighted by molar-refractivity contribution is 6.74. The zero-order valence-electron chi connectivity index (χ0n) is 25.5. The van der Waals surface area contributed by atoms with Crippen LogP contribution in [0.4, 0.5) is 0 Å². The molecular weight excluding hydrogens is 521 g/mol. The van der Waals surface area contributed by atoms with E-state index in [9.17, 15) is 9.59 Å². The van der Waals surface area contributed by atoms with Crippen molar-refractivity contribution in [3.8, 4) is 5.69 Å². The van der Waals surface area contributed by atoms with E-state index in [2.05, 4.69) is 40.4 Å². The van der Waals surface area contributed by atoms with Crippen molar-refractivity contribution in [2.24, 2.45) is 0 Å². The Kier molecular flexibility index (Phi) is 6.77. The topological polar surface area (TPSA) is 76.6 Å². The molecule has 4 aliphatic rings. The van der Waals surface area contributed by atoms with Crippen LogP contribution in [0.5, 0.6) is 0 Å². The molecule has 8 nitrogen and oxygen atoms in total. The second-order valence-corrected chi connectivity index (χ2v) is 18.9. The normalized spacial score (nSPS) is 26.9. The van der Waals surface area contributed by atoms with E-state index in [1.807, 2.05) is 58.0 Å². The van der Waals surface area contributed by atoms with Crippen molar-refractivity contribution < 1.29 is 13.7 Å². The van der Waals surface area contributed by atoms with E-state index in [-0.39, 0.29) is 16.4 Å². The largest absolute Gasteiger partial charge is 0.471 e. The van der Waals surface area contributed by atoms with Crippen LogP contribution >= 0.6 is 0 Å². The van der Waals surface area contributed by atoms with Gasteiger partial charge in [-0.1, -0.05) is 57.7 Å². The van der Waals surface area contributed by atoms with Crippen LogP contribution in [-0.4, -0.2) is 47.2 Å². The molecule has 2 bridgehead atoms. The van der Waals surface area contributed by atoms with Crippen LogP contribution in [0.3, 0.4) is 0 Å². The summed E-state index contributed by atoms with van der Waals surface area (Å²) in [7, 11) is -2.59. The first-order valence-electron chi connectivity index (χ1n) is 14.3. The SMILES string of the molecule is C=C1C2C=CC(n3c(=O)n(-c4ccccc4)c(=O)n32)C1(CCCO[Si](C)(C)C(C)(C)C)B1OC(C)(C)C(C)(C)O1. The summed E-state index contributed by atoms with van der Waals surface area (Å²) in [6, 6.07) is 8.08. The fraction of sp³-hybridized carbons (Fsp3) is 0.600. The van der Waals surface area contributed by atoms with E-state index in [0.717, 1.165) is 12.0 Å². The lowest BCUT2D eigenvalue weighted by molar-refractivity contribution is 0.00578. The van der Waals surface area contributed by atoms with Gasteiger partial charge < -0.3 is 13.7 Å². The molecule has 1 saturated heterocycles. The third kappa shape index (κ3) is 4.13. The molecule has 0 saturated carbocycles. The summed E-state index contributed by atoms with van der Waals surface area (Å²) >= 11 is 0. The van der Waals surface area contributed by atoms with Gasteiger partial charge in [0.2, 0.25) is 0 Å². The highest BCUT2D eigenvalue weighted by Gasteiger charge is 2.66. The molecule has 4 heterocycles. The Morgan fingerprint density at radius 2 is 1.55 bits per heavy atom. The standard InChI is InChI=1S/C30H44BN3O5Si/c1-21-23-17-18-24(34-26(36)32(25(35)33(23)34)22-15-12-11-13-16-22)30(21,31-38-28(5,6)29(7,8)39-31)19-14-20-37-40(9,10)27(2,3)4/h11-13,15-18,23-24H,1,14,19-20H2,2-10H3. The number of nitrogens with zero attached hydrogens (tertiary/aromatic N) is 3. The fourth-order valence-electron chi connectivity index (χ4n) is 5.95. The van der Waals surface area contributed by atoms with Crippen LogP contribution < -0.4 is 11.4 Å². The Morgan fingerprint density at radius 1 is 0.975 bits per heavy atom. The maximum atomic E-state index is 14.0. The Balaban J connectivity index is 1.59. The first-order chi connectivity index (χ1) is 18.5. The van der Waals surface area contributed by atoms with Crippen molar-refractivity contribution in [1.29, 1.82) is 0 Å². The van der Waals surface area contributed by atoms with Gasteiger partial charge in [0.05, 0.1) is 34.3 Å². The van der Waals surface area contributed by atoms with Gasteiger partial charge in [-0.05, 0) is 76.4 Å². The van der Waals surface area contributed by atoms with E-state index >= 15 is 0 Å². The minimum absolute atomic E-state index is 0.108. The van der Waals surface area contributed by atoms with Crippen molar-refractivity contribution in [1.82, 2.24) is 13.9 Å². The minimum atomic E-state index is -1.94. The molecule has 0 radical (unpaired) electrons. The lowest BCUT2D eigenvalue weighted by Gasteiger charge is -2.51. The molecule has 1 aromatic heterocycles. The molecule has 1 aliphatic carbocycles. The third-order valence-corrected chi connectivity index (χ3v) is 14.7. The van der Waals surface area contributed by atoms with E-state index < -0.39 is 44.0 Å². The smallest absolute Gasteiger partial charge is 0.417 e. The third-order valence-electron chi connectivity index (χ3n) is 10.2. The number of benzene rings is 1. The minimum Gasteiger partial charge on any atom is -0.417 e. The van der Waals surface area contributed by atoms with Gasteiger partial charge >= 0.3 is 18.5 Å². The predicted octanol–water partition coefficient (Wildman–Crippen LogP) is 5.66. The van der Waals surface area contributed by atoms with Crippen molar-refractivity contribution in [3.63, 3.8) is 0 Å². The molecule has 40 heavy (non-hydrogen) atoms. The molecule has 0 N–H and O–H groups in total. The molecule has 216 valence electrons. The van der Waals surface area contributed by atoms with Gasteiger partial charge in [-0.3, -0.25) is 0 Å². The van der Waals surface area contributed by atoms with E-state index in [1.165, 1.54) is 4.57 Å². The number of para-hydroxylation sites is 1. The van der Waals surface area contributed by atoms with Gasteiger partial charge in [-0.25, -0.2) is 23.5 Å². The monoisotopic (exact) mass is 565 g/mol. The number of allylic oxidation sites excluding steroid dienone is 3. The summed E-state index contributed by atoms with van der Waals surface area (Å²) in [6.07, 6.45) is 5.40. The van der Waals surface area contributed by atoms with Crippen LogP contribution in [0.1, 0.15) is 73.4 Å². The highest BCUT2D eigenvalue weighted by Crippen LogP contribution is 2.63. The Bertz CT molecular complexity index is 1450. The number of fused-ring (bicyclic) bond motifs is 1. The zero-order chi connectivity index (χ0) is 29.5. The number of rotatable bonds is 7. The molecule has 6 rings (SSSR count). The van der Waals surface area contributed by atoms with Gasteiger partial charge in [-0.2, -0.15) is 0 Å². The van der Waals surface area contributed by atoms with Gasteiger partial charge in [0.25, 0.3) is 0 Å². The molecule has 0 amide bonds. The molecule has 10 heteroatoms. The second kappa shape index (κ2) is 9.31. The summed E-state index contributed by atoms with van der Waals surface area (Å²) in [4.78, 5) is 27.7. The van der Waals surface area contributed by atoms with Crippen LogP contribution in [0, 0.1) is 0 Å². The molecule has 3 unspecified atom stereocenters. The lowest BCUT2D eigenvalue weighted by Crippen LogP contribution is -2.54. The van der Waals surface area contributed by atoms with Crippen molar-refractivity contribution in [2.45, 2.75) is 108 Å². The predicted molar refractivity (Wildman–Crippen MR) is 162 cm³/mol. The maximum absolute atomic E-state index is 14.0. The summed E-state index contributed by atoms with van der Waals surface area (Å²) in [5.41, 5.74) is -0.506. The number of hydrogen-bond donors (Lipinski definition) is 0.